The molecule has 1 aromatic heterocycles. The molecule has 0 radical (unpaired) electrons. The fourth-order valence-corrected chi connectivity index (χ4v) is 2.57. The summed E-state index contributed by atoms with van der Waals surface area (Å²) in [6.45, 7) is 1.67. The molecule has 3 N–H and O–H groups in total. The van der Waals surface area contributed by atoms with Gasteiger partial charge in [0.25, 0.3) is 5.91 Å². The monoisotopic (exact) mass is 334 g/mol. The number of thiazole rings is 1. The number of benzene rings is 1. The van der Waals surface area contributed by atoms with Gasteiger partial charge in [0.2, 0.25) is 0 Å². The number of nitrogens with one attached hydrogen (secondary N) is 1. The Morgan fingerprint density at radius 3 is 2.91 bits per heavy atom. The van der Waals surface area contributed by atoms with Crippen molar-refractivity contribution in [3.63, 3.8) is 0 Å². The number of oxime groups is 1. The lowest BCUT2D eigenvalue weighted by Crippen LogP contribution is -2.20. The first-order valence-corrected chi connectivity index (χ1v) is 7.74. The van der Waals surface area contributed by atoms with Crippen LogP contribution in [0.2, 0.25) is 0 Å². The van der Waals surface area contributed by atoms with E-state index in [0.29, 0.717) is 17.9 Å². The van der Waals surface area contributed by atoms with Crippen molar-refractivity contribution < 1.29 is 14.4 Å². The van der Waals surface area contributed by atoms with Crippen LogP contribution in [0.5, 0.6) is 5.75 Å². The second kappa shape index (κ2) is 8.14. The van der Waals surface area contributed by atoms with Crippen molar-refractivity contribution in [3.05, 3.63) is 40.3 Å². The van der Waals surface area contributed by atoms with Gasteiger partial charge in [0.1, 0.15) is 16.6 Å². The van der Waals surface area contributed by atoms with E-state index in [-0.39, 0.29) is 18.3 Å². The van der Waals surface area contributed by atoms with Crippen LogP contribution >= 0.6 is 11.3 Å². The molecule has 2 aromatic rings. The van der Waals surface area contributed by atoms with Crippen LogP contribution < -0.4 is 15.8 Å². The van der Waals surface area contributed by atoms with Crippen LogP contribution in [-0.4, -0.2) is 30.4 Å². The number of para-hydroxylation sites is 2. The lowest BCUT2D eigenvalue weighted by atomic mass is 10.3. The molecule has 1 aromatic carbocycles. The second-order valence-corrected chi connectivity index (χ2v) is 5.61. The number of methoxy groups -OCH3 is 1. The fraction of sp³-hybridized carbons (Fsp3) is 0.267. The molecule has 0 spiro atoms. The number of rotatable bonds is 7. The molecule has 0 aliphatic rings. The minimum absolute atomic E-state index is 0.240. The Morgan fingerprint density at radius 1 is 1.43 bits per heavy atom. The van der Waals surface area contributed by atoms with E-state index in [4.69, 9.17) is 15.3 Å². The summed E-state index contributed by atoms with van der Waals surface area (Å²) in [5, 5.41) is 9.19. The van der Waals surface area contributed by atoms with Gasteiger partial charge in [-0.3, -0.25) is 4.79 Å². The summed E-state index contributed by atoms with van der Waals surface area (Å²) in [6.07, 6.45) is 0.395. The van der Waals surface area contributed by atoms with Crippen molar-refractivity contribution in [1.82, 2.24) is 4.98 Å². The molecule has 1 amide bonds. The third-order valence-electron chi connectivity index (χ3n) is 2.76. The van der Waals surface area contributed by atoms with Gasteiger partial charge in [-0.15, -0.1) is 11.3 Å². The van der Waals surface area contributed by atoms with E-state index in [1.165, 1.54) is 18.4 Å². The van der Waals surface area contributed by atoms with Crippen molar-refractivity contribution in [1.29, 1.82) is 0 Å². The van der Waals surface area contributed by atoms with E-state index < -0.39 is 0 Å². The Morgan fingerprint density at radius 2 is 2.22 bits per heavy atom. The maximum absolute atomic E-state index is 11.8. The van der Waals surface area contributed by atoms with Crippen molar-refractivity contribution >= 4 is 28.8 Å². The van der Waals surface area contributed by atoms with E-state index in [1.54, 1.807) is 18.2 Å². The molecule has 0 fully saturated rings. The molecule has 0 aliphatic heterocycles. The molecule has 7 nitrogen and oxygen atoms in total. The van der Waals surface area contributed by atoms with Crippen molar-refractivity contribution in [3.8, 4) is 5.75 Å². The zero-order valence-corrected chi connectivity index (χ0v) is 13.7. The molecule has 23 heavy (non-hydrogen) atoms. The molecule has 0 aliphatic carbocycles. The first-order chi connectivity index (χ1) is 11.1. The number of amidine groups is 1. The molecule has 8 heteroatoms. The zero-order valence-electron chi connectivity index (χ0n) is 12.9. The molecule has 0 bridgehead atoms. The number of ether oxygens (including phenoxy) is 1. The number of anilines is 1. The zero-order chi connectivity index (χ0) is 16.7. The molecule has 122 valence electrons. The van der Waals surface area contributed by atoms with Crippen LogP contribution in [0.25, 0.3) is 0 Å². The average Bonchev–Trinajstić information content (AvgIpc) is 2.92. The highest BCUT2D eigenvalue weighted by atomic mass is 32.1. The lowest BCUT2D eigenvalue weighted by molar-refractivity contribution is -0.120. The van der Waals surface area contributed by atoms with E-state index in [9.17, 15) is 4.79 Å². The number of aryl methyl sites for hydroxylation is 1. The number of amides is 1. The smallest absolute Gasteiger partial charge is 0.265 e. The number of hydrogen-bond donors (Lipinski definition) is 2. The minimum Gasteiger partial charge on any atom is -0.495 e. The summed E-state index contributed by atoms with van der Waals surface area (Å²) in [5.41, 5.74) is 7.25. The SMILES string of the molecule is COc1ccccc1NC(=O)CON=C(N)Cc1nc(C)cs1. The van der Waals surface area contributed by atoms with E-state index in [1.807, 2.05) is 18.4 Å². The van der Waals surface area contributed by atoms with E-state index in [0.717, 1.165) is 10.7 Å². The predicted molar refractivity (Wildman–Crippen MR) is 89.8 cm³/mol. The number of carbonyl (C=O) groups excluding carboxylic acids is 1. The molecule has 0 unspecified atom stereocenters. The van der Waals surface area contributed by atoms with Gasteiger partial charge in [0.05, 0.1) is 19.2 Å². The largest absolute Gasteiger partial charge is 0.495 e. The second-order valence-electron chi connectivity index (χ2n) is 4.66. The molecule has 0 saturated carbocycles. The third kappa shape index (κ3) is 5.26. The third-order valence-corrected chi connectivity index (χ3v) is 3.72. The summed E-state index contributed by atoms with van der Waals surface area (Å²) < 4.78 is 5.15. The van der Waals surface area contributed by atoms with Gasteiger partial charge in [-0.05, 0) is 19.1 Å². The number of aromatic nitrogens is 1. The van der Waals surface area contributed by atoms with Crippen LogP contribution in [0.1, 0.15) is 10.7 Å². The summed E-state index contributed by atoms with van der Waals surface area (Å²) in [5.74, 6) is 0.489. The van der Waals surface area contributed by atoms with Crippen LogP contribution in [0.4, 0.5) is 5.69 Å². The summed E-state index contributed by atoms with van der Waals surface area (Å²) in [6, 6.07) is 7.10. The summed E-state index contributed by atoms with van der Waals surface area (Å²) in [4.78, 5) is 21.1. The number of nitrogens with two attached hydrogens (primary N) is 1. The number of carbonyl (C=O) groups is 1. The van der Waals surface area contributed by atoms with Crippen LogP contribution in [0, 0.1) is 6.92 Å². The van der Waals surface area contributed by atoms with Crippen LogP contribution in [-0.2, 0) is 16.1 Å². The summed E-state index contributed by atoms with van der Waals surface area (Å²) in [7, 11) is 1.53. The van der Waals surface area contributed by atoms with E-state index >= 15 is 0 Å². The maximum Gasteiger partial charge on any atom is 0.265 e. The highest BCUT2D eigenvalue weighted by Crippen LogP contribution is 2.22. The Bertz CT molecular complexity index is 700. The normalized spacial score (nSPS) is 11.1. The van der Waals surface area contributed by atoms with Crippen molar-refractivity contribution in [2.45, 2.75) is 13.3 Å². The highest BCUT2D eigenvalue weighted by molar-refractivity contribution is 7.09. The average molecular weight is 334 g/mol. The molecule has 0 atom stereocenters. The maximum atomic E-state index is 11.8. The van der Waals surface area contributed by atoms with Crippen molar-refractivity contribution in [2.24, 2.45) is 10.9 Å². The van der Waals surface area contributed by atoms with Gasteiger partial charge >= 0.3 is 0 Å². The Labute approximate surface area is 138 Å². The Balaban J connectivity index is 1.81. The van der Waals surface area contributed by atoms with Gasteiger partial charge < -0.3 is 20.6 Å². The summed E-state index contributed by atoms with van der Waals surface area (Å²) >= 11 is 1.50. The molecule has 0 saturated heterocycles. The van der Waals surface area contributed by atoms with Gasteiger partial charge in [-0.1, -0.05) is 17.3 Å². The molecular weight excluding hydrogens is 316 g/mol. The predicted octanol–water partition coefficient (Wildman–Crippen LogP) is 1.93. The minimum atomic E-state index is -0.351. The quantitative estimate of drug-likeness (QED) is 0.458. The van der Waals surface area contributed by atoms with Crippen molar-refractivity contribution in [2.75, 3.05) is 19.0 Å². The fourth-order valence-electron chi connectivity index (χ4n) is 1.78. The van der Waals surface area contributed by atoms with Crippen LogP contribution in [0.3, 0.4) is 0 Å². The topological polar surface area (TPSA) is 98.8 Å². The lowest BCUT2D eigenvalue weighted by Gasteiger charge is -2.09. The van der Waals surface area contributed by atoms with Gasteiger partial charge in [0.15, 0.2) is 6.61 Å². The van der Waals surface area contributed by atoms with Gasteiger partial charge in [-0.25, -0.2) is 4.98 Å². The van der Waals surface area contributed by atoms with Gasteiger partial charge in [-0.2, -0.15) is 0 Å². The van der Waals surface area contributed by atoms with Crippen LogP contribution in [0.15, 0.2) is 34.8 Å². The number of nitrogens with zero attached hydrogens (tertiary/aromatic N) is 2. The standard InChI is InChI=1S/C15H18N4O3S/c1-10-9-23-15(17-10)7-13(16)19-22-8-14(20)18-11-5-3-4-6-12(11)21-2/h3-6,9H,7-8H2,1-2H3,(H2,16,19)(H,18,20). The van der Waals surface area contributed by atoms with Gasteiger partial charge in [0, 0.05) is 11.1 Å². The molecule has 1 heterocycles. The molecular formula is C15H18N4O3S. The number of hydrogen-bond acceptors (Lipinski definition) is 6. The Hall–Kier alpha value is -2.61. The first kappa shape index (κ1) is 16.8. The highest BCUT2D eigenvalue weighted by Gasteiger charge is 2.07. The first-order valence-electron chi connectivity index (χ1n) is 6.86. The van der Waals surface area contributed by atoms with E-state index in [2.05, 4.69) is 15.5 Å². The molecule has 2 rings (SSSR count). The Kier molecular flexibility index (Phi) is 5.93.